The quantitative estimate of drug-likeness (QED) is 0.705. The van der Waals surface area contributed by atoms with Gasteiger partial charge in [-0.3, -0.25) is 0 Å². The fourth-order valence-electron chi connectivity index (χ4n) is 2.88. The van der Waals surface area contributed by atoms with E-state index in [1.165, 1.54) is 5.56 Å². The topological polar surface area (TPSA) is 64.0 Å². The Morgan fingerprint density at radius 1 is 1.08 bits per heavy atom. The summed E-state index contributed by atoms with van der Waals surface area (Å²) in [6.07, 6.45) is 0.609. The molecule has 0 aliphatic carbocycles. The Labute approximate surface area is 148 Å². The van der Waals surface area contributed by atoms with E-state index in [0.717, 1.165) is 22.4 Å². The first-order valence-corrected chi connectivity index (χ1v) is 10.1. The van der Waals surface area contributed by atoms with Crippen molar-refractivity contribution in [2.24, 2.45) is 0 Å². The average molecular weight is 357 g/mol. The highest BCUT2D eigenvalue weighted by Gasteiger charge is 2.13. The third kappa shape index (κ3) is 4.08. The molecule has 1 aromatic heterocycles. The number of hydrogen-bond acceptors (Lipinski definition) is 3. The molecular formula is C19H23N3O2S. The van der Waals surface area contributed by atoms with E-state index in [2.05, 4.69) is 28.3 Å². The zero-order chi connectivity index (χ0) is 17.9. The van der Waals surface area contributed by atoms with Gasteiger partial charge in [-0.15, -0.1) is 0 Å². The van der Waals surface area contributed by atoms with Crippen LogP contribution in [0.1, 0.15) is 18.9 Å². The number of rotatable bonds is 7. The Morgan fingerprint density at radius 3 is 2.52 bits per heavy atom. The largest absolute Gasteiger partial charge is 0.323 e. The summed E-state index contributed by atoms with van der Waals surface area (Å²) < 4.78 is 28.5. The number of hydrogen-bond donors (Lipinski definition) is 1. The molecule has 0 unspecified atom stereocenters. The SMILES string of the molecule is CCCS(=O)(=O)NCCn1c(-c2ccc(C)cc2)nc2ccccc21. The van der Waals surface area contributed by atoms with Crippen LogP contribution < -0.4 is 4.72 Å². The van der Waals surface area contributed by atoms with Crippen molar-refractivity contribution in [1.82, 2.24) is 14.3 Å². The lowest BCUT2D eigenvalue weighted by Gasteiger charge is -2.11. The van der Waals surface area contributed by atoms with E-state index in [1.54, 1.807) is 0 Å². The van der Waals surface area contributed by atoms with Gasteiger partial charge < -0.3 is 4.57 Å². The third-order valence-corrected chi connectivity index (χ3v) is 5.68. The summed E-state index contributed by atoms with van der Waals surface area (Å²) in [6, 6.07) is 16.1. The van der Waals surface area contributed by atoms with Crippen molar-refractivity contribution in [3.05, 3.63) is 54.1 Å². The summed E-state index contributed by atoms with van der Waals surface area (Å²) in [4.78, 5) is 4.75. The van der Waals surface area contributed by atoms with Crippen LogP contribution in [0.3, 0.4) is 0 Å². The van der Waals surface area contributed by atoms with Crippen LogP contribution in [-0.4, -0.2) is 30.3 Å². The smallest absolute Gasteiger partial charge is 0.211 e. The van der Waals surface area contributed by atoms with Crippen molar-refractivity contribution in [2.45, 2.75) is 26.8 Å². The summed E-state index contributed by atoms with van der Waals surface area (Å²) >= 11 is 0. The lowest BCUT2D eigenvalue weighted by atomic mass is 10.1. The summed E-state index contributed by atoms with van der Waals surface area (Å²) in [7, 11) is -3.20. The molecule has 25 heavy (non-hydrogen) atoms. The van der Waals surface area contributed by atoms with E-state index < -0.39 is 10.0 Å². The molecule has 3 aromatic rings. The van der Waals surface area contributed by atoms with Crippen molar-refractivity contribution in [1.29, 1.82) is 0 Å². The molecule has 1 heterocycles. The van der Waals surface area contributed by atoms with E-state index in [-0.39, 0.29) is 5.75 Å². The van der Waals surface area contributed by atoms with Crippen LogP contribution in [0, 0.1) is 6.92 Å². The highest BCUT2D eigenvalue weighted by molar-refractivity contribution is 7.89. The Hall–Kier alpha value is -2.18. The maximum Gasteiger partial charge on any atom is 0.211 e. The minimum Gasteiger partial charge on any atom is -0.323 e. The molecule has 0 bridgehead atoms. The van der Waals surface area contributed by atoms with Crippen LogP contribution >= 0.6 is 0 Å². The zero-order valence-electron chi connectivity index (χ0n) is 14.6. The van der Waals surface area contributed by atoms with Gasteiger partial charge in [-0.25, -0.2) is 18.1 Å². The summed E-state index contributed by atoms with van der Waals surface area (Å²) in [5, 5.41) is 0. The van der Waals surface area contributed by atoms with Crippen molar-refractivity contribution in [3.8, 4) is 11.4 Å². The second kappa shape index (κ2) is 7.37. The second-order valence-electron chi connectivity index (χ2n) is 6.15. The number of aryl methyl sites for hydroxylation is 1. The number of sulfonamides is 1. The molecule has 132 valence electrons. The Bertz CT molecular complexity index is 960. The monoisotopic (exact) mass is 357 g/mol. The van der Waals surface area contributed by atoms with Gasteiger partial charge in [0, 0.05) is 18.7 Å². The van der Waals surface area contributed by atoms with Crippen LogP contribution in [-0.2, 0) is 16.6 Å². The van der Waals surface area contributed by atoms with Gasteiger partial charge in [-0.1, -0.05) is 48.9 Å². The lowest BCUT2D eigenvalue weighted by Crippen LogP contribution is -2.29. The number of aromatic nitrogens is 2. The molecule has 5 nitrogen and oxygen atoms in total. The van der Waals surface area contributed by atoms with Gasteiger partial charge in [0.25, 0.3) is 0 Å². The van der Waals surface area contributed by atoms with E-state index in [4.69, 9.17) is 4.98 Å². The number of fused-ring (bicyclic) bond motifs is 1. The standard InChI is InChI=1S/C19H23N3O2S/c1-3-14-25(23,24)20-12-13-22-18-7-5-4-6-17(18)21-19(22)16-10-8-15(2)9-11-16/h4-11,20H,3,12-14H2,1-2H3. The maximum absolute atomic E-state index is 11.9. The van der Waals surface area contributed by atoms with Gasteiger partial charge in [-0.05, 0) is 25.5 Å². The maximum atomic E-state index is 11.9. The van der Waals surface area contributed by atoms with Crippen LogP contribution in [0.5, 0.6) is 0 Å². The number of para-hydroxylation sites is 2. The fourth-order valence-corrected chi connectivity index (χ4v) is 3.96. The minimum absolute atomic E-state index is 0.155. The Balaban J connectivity index is 1.92. The zero-order valence-corrected chi connectivity index (χ0v) is 15.4. The second-order valence-corrected chi connectivity index (χ2v) is 8.08. The number of nitrogens with zero attached hydrogens (tertiary/aromatic N) is 2. The number of nitrogens with one attached hydrogen (secondary N) is 1. The summed E-state index contributed by atoms with van der Waals surface area (Å²) in [5.74, 6) is 1.01. The van der Waals surface area contributed by atoms with E-state index in [9.17, 15) is 8.42 Å². The third-order valence-electron chi connectivity index (χ3n) is 4.09. The molecule has 0 saturated carbocycles. The highest BCUT2D eigenvalue weighted by Crippen LogP contribution is 2.24. The van der Waals surface area contributed by atoms with Crippen molar-refractivity contribution in [3.63, 3.8) is 0 Å². The molecule has 0 atom stereocenters. The van der Waals surface area contributed by atoms with Gasteiger partial charge in [0.15, 0.2) is 0 Å². The summed E-state index contributed by atoms with van der Waals surface area (Å²) in [6.45, 7) is 4.79. The van der Waals surface area contributed by atoms with Crippen molar-refractivity contribution < 1.29 is 8.42 Å². The molecule has 0 aliphatic heterocycles. The van der Waals surface area contributed by atoms with Crippen LogP contribution in [0.25, 0.3) is 22.4 Å². The summed E-state index contributed by atoms with van der Waals surface area (Å²) in [5.41, 5.74) is 4.14. The lowest BCUT2D eigenvalue weighted by molar-refractivity contribution is 0.573. The molecule has 1 N–H and O–H groups in total. The Kier molecular flexibility index (Phi) is 5.20. The minimum atomic E-state index is -3.20. The molecule has 2 aromatic carbocycles. The first-order chi connectivity index (χ1) is 12.0. The van der Waals surface area contributed by atoms with E-state index >= 15 is 0 Å². The first kappa shape index (κ1) is 17.6. The van der Waals surface area contributed by atoms with Gasteiger partial charge in [0.2, 0.25) is 10.0 Å². The predicted octanol–water partition coefficient (Wildman–Crippen LogP) is 3.34. The van der Waals surface area contributed by atoms with Crippen molar-refractivity contribution in [2.75, 3.05) is 12.3 Å². The molecule has 6 heteroatoms. The number of imidazole rings is 1. The van der Waals surface area contributed by atoms with Gasteiger partial charge >= 0.3 is 0 Å². The van der Waals surface area contributed by atoms with Crippen LogP contribution in [0.2, 0.25) is 0 Å². The highest BCUT2D eigenvalue weighted by atomic mass is 32.2. The average Bonchev–Trinajstić information content (AvgIpc) is 2.94. The number of benzene rings is 2. The van der Waals surface area contributed by atoms with Gasteiger partial charge in [0.05, 0.1) is 16.8 Å². The fraction of sp³-hybridized carbons (Fsp3) is 0.316. The van der Waals surface area contributed by atoms with E-state index in [0.29, 0.717) is 19.5 Å². The molecule has 0 aliphatic rings. The molecule has 3 rings (SSSR count). The first-order valence-electron chi connectivity index (χ1n) is 8.50. The van der Waals surface area contributed by atoms with Crippen LogP contribution in [0.4, 0.5) is 0 Å². The predicted molar refractivity (Wildman–Crippen MR) is 102 cm³/mol. The van der Waals surface area contributed by atoms with Gasteiger partial charge in [-0.2, -0.15) is 0 Å². The normalized spacial score (nSPS) is 11.9. The molecular weight excluding hydrogens is 334 g/mol. The molecule has 0 saturated heterocycles. The molecule has 0 fully saturated rings. The molecule has 0 radical (unpaired) electrons. The Morgan fingerprint density at radius 2 is 1.80 bits per heavy atom. The van der Waals surface area contributed by atoms with Crippen LogP contribution in [0.15, 0.2) is 48.5 Å². The molecule has 0 amide bonds. The molecule has 0 spiro atoms. The van der Waals surface area contributed by atoms with Crippen molar-refractivity contribution >= 4 is 21.1 Å². The van der Waals surface area contributed by atoms with E-state index in [1.807, 2.05) is 43.3 Å². The van der Waals surface area contributed by atoms with Gasteiger partial charge in [0.1, 0.15) is 5.82 Å².